The molecule has 1 nitrogen and oxygen atoms in total. The van der Waals surface area contributed by atoms with E-state index in [2.05, 4.69) is 23.8 Å². The molecule has 0 spiro atoms. The van der Waals surface area contributed by atoms with Crippen molar-refractivity contribution < 1.29 is 0 Å². The molecule has 1 unspecified atom stereocenters. The first-order valence-corrected chi connectivity index (χ1v) is 8.90. The third-order valence-electron chi connectivity index (χ3n) is 1.72. The maximum atomic E-state index is 3.66. The average molecular weight is 219 g/mol. The summed E-state index contributed by atoms with van der Waals surface area (Å²) in [5, 5.41) is 1.46. The van der Waals surface area contributed by atoms with Crippen LogP contribution in [0.1, 0.15) is 39.5 Å². The number of hydrogen-bond acceptors (Lipinski definition) is 1. The van der Waals surface area contributed by atoms with E-state index < -0.39 is 14.9 Å². The number of hydrogen-bond donors (Lipinski definition) is 1. The molecule has 2 heteroatoms. The van der Waals surface area contributed by atoms with Crippen LogP contribution in [0.4, 0.5) is 0 Å². The van der Waals surface area contributed by atoms with Gasteiger partial charge in [-0.05, 0) is 0 Å². The van der Waals surface area contributed by atoms with Gasteiger partial charge in [-0.2, -0.15) is 0 Å². The van der Waals surface area contributed by atoms with Crippen LogP contribution in [0.3, 0.4) is 0 Å². The quantitative estimate of drug-likeness (QED) is 0.513. The van der Waals surface area contributed by atoms with Crippen LogP contribution in [0.25, 0.3) is 0 Å². The molecule has 0 heterocycles. The predicted molar refractivity (Wildman–Crippen MR) is 54.2 cm³/mol. The van der Waals surface area contributed by atoms with Crippen molar-refractivity contribution in [1.82, 2.24) is 4.23 Å². The Hall–Kier alpha value is 0.518. The van der Waals surface area contributed by atoms with Crippen LogP contribution in [-0.4, -0.2) is 21.4 Å². The number of rotatable bonds is 7. The molecule has 0 fully saturated rings. The Labute approximate surface area is 76.4 Å². The molecule has 1 N–H and O–H groups in total. The summed E-state index contributed by atoms with van der Waals surface area (Å²) < 4.78 is 3.66. The minimum atomic E-state index is -0.556. The molecule has 11 heavy (non-hydrogen) atoms. The molecule has 0 aromatic heterocycles. The third kappa shape index (κ3) is 8.42. The van der Waals surface area contributed by atoms with E-state index in [1.807, 2.05) is 0 Å². The van der Waals surface area contributed by atoms with Crippen LogP contribution in [0.15, 0.2) is 0 Å². The molecule has 0 aromatic carbocycles. The van der Waals surface area contributed by atoms with Crippen LogP contribution >= 0.6 is 0 Å². The first kappa shape index (κ1) is 11.5. The van der Waals surface area contributed by atoms with Crippen molar-refractivity contribution in [3.05, 3.63) is 0 Å². The summed E-state index contributed by atoms with van der Waals surface area (Å²) in [6.07, 6.45) is 5.46. The van der Waals surface area contributed by atoms with E-state index in [1.54, 1.807) is 0 Å². The van der Waals surface area contributed by atoms with E-state index in [0.717, 1.165) is 0 Å². The average Bonchev–Trinajstić information content (AvgIpc) is 1.99. The summed E-state index contributed by atoms with van der Waals surface area (Å²) >= 11 is -0.556. The Morgan fingerprint density at radius 3 is 2.36 bits per heavy atom. The fourth-order valence-electron chi connectivity index (χ4n) is 1.06. The van der Waals surface area contributed by atoms with Gasteiger partial charge in [-0.15, -0.1) is 0 Å². The van der Waals surface area contributed by atoms with Crippen LogP contribution in [-0.2, 0) is 0 Å². The third-order valence-corrected chi connectivity index (χ3v) is 5.67. The van der Waals surface area contributed by atoms with Gasteiger partial charge in [0.2, 0.25) is 0 Å². The standard InChI is InChI=1S/C9H22AsN/c1-4-6-7-9-11-10(3)8-5-2/h11H,4-9H2,1-3H3. The second-order valence-corrected chi connectivity index (χ2v) is 7.57. The second-order valence-electron chi connectivity index (χ2n) is 3.04. The number of nitrogens with one attached hydrogen (secondary N) is 1. The van der Waals surface area contributed by atoms with Crippen LogP contribution in [0.5, 0.6) is 0 Å². The summed E-state index contributed by atoms with van der Waals surface area (Å²) in [7, 11) is 0. The summed E-state index contributed by atoms with van der Waals surface area (Å²) in [5.74, 6) is 0. The molecule has 0 saturated heterocycles. The van der Waals surface area contributed by atoms with Gasteiger partial charge in [0.1, 0.15) is 0 Å². The van der Waals surface area contributed by atoms with E-state index in [4.69, 9.17) is 0 Å². The molecule has 0 aliphatic carbocycles. The zero-order valence-electron chi connectivity index (χ0n) is 8.19. The monoisotopic (exact) mass is 219 g/mol. The fraction of sp³-hybridized carbons (Fsp3) is 1.00. The van der Waals surface area contributed by atoms with E-state index in [9.17, 15) is 0 Å². The minimum absolute atomic E-state index is 0.556. The molecule has 0 bridgehead atoms. The maximum absolute atomic E-state index is 3.66. The molecular formula is C9H22AsN. The topological polar surface area (TPSA) is 12.0 Å². The normalized spacial score (nSPS) is 13.4. The van der Waals surface area contributed by atoms with Gasteiger partial charge >= 0.3 is 76.1 Å². The van der Waals surface area contributed by atoms with Crippen molar-refractivity contribution in [2.45, 2.75) is 50.5 Å². The van der Waals surface area contributed by atoms with E-state index in [1.165, 1.54) is 37.4 Å². The molecule has 0 rings (SSSR count). The van der Waals surface area contributed by atoms with Gasteiger partial charge in [-0.25, -0.2) is 0 Å². The van der Waals surface area contributed by atoms with Gasteiger partial charge in [0.25, 0.3) is 0 Å². The summed E-state index contributed by atoms with van der Waals surface area (Å²) in [6, 6.07) is 0. The predicted octanol–water partition coefficient (Wildman–Crippen LogP) is 2.80. The Balaban J connectivity index is 2.97. The molecule has 0 aliphatic heterocycles. The molecule has 0 aliphatic rings. The van der Waals surface area contributed by atoms with Crippen molar-refractivity contribution in [2.75, 3.05) is 6.54 Å². The van der Waals surface area contributed by atoms with Crippen LogP contribution in [0.2, 0.25) is 10.9 Å². The Morgan fingerprint density at radius 1 is 1.09 bits per heavy atom. The zero-order valence-corrected chi connectivity index (χ0v) is 10.1. The summed E-state index contributed by atoms with van der Waals surface area (Å²) in [6.45, 7) is 5.80. The van der Waals surface area contributed by atoms with Crippen molar-refractivity contribution in [3.63, 3.8) is 0 Å². The first-order chi connectivity index (χ1) is 5.31. The summed E-state index contributed by atoms with van der Waals surface area (Å²) in [4.78, 5) is 0. The zero-order chi connectivity index (χ0) is 8.53. The number of unbranched alkanes of at least 4 members (excludes halogenated alkanes) is 2. The SMILES string of the molecule is CCCCCN[As](C)CCC. The molecule has 68 valence electrons. The Bertz CT molecular complexity index is 76.0. The van der Waals surface area contributed by atoms with Gasteiger partial charge < -0.3 is 0 Å². The first-order valence-electron chi connectivity index (χ1n) is 4.75. The van der Waals surface area contributed by atoms with E-state index in [0.29, 0.717) is 0 Å². The Kier molecular flexibility index (Phi) is 9.02. The summed E-state index contributed by atoms with van der Waals surface area (Å²) in [5.41, 5.74) is 2.42. The van der Waals surface area contributed by atoms with Crippen molar-refractivity contribution >= 4 is 14.9 Å². The van der Waals surface area contributed by atoms with Gasteiger partial charge in [-0.3, -0.25) is 0 Å². The van der Waals surface area contributed by atoms with Gasteiger partial charge in [0.15, 0.2) is 0 Å². The van der Waals surface area contributed by atoms with E-state index >= 15 is 0 Å². The molecule has 0 radical (unpaired) electrons. The van der Waals surface area contributed by atoms with Gasteiger partial charge in [0.05, 0.1) is 0 Å². The second kappa shape index (κ2) is 8.61. The van der Waals surface area contributed by atoms with Crippen LogP contribution in [0, 0.1) is 0 Å². The van der Waals surface area contributed by atoms with Crippen molar-refractivity contribution in [1.29, 1.82) is 0 Å². The van der Waals surface area contributed by atoms with Crippen molar-refractivity contribution in [3.8, 4) is 0 Å². The fourth-order valence-corrected chi connectivity index (χ4v) is 3.93. The van der Waals surface area contributed by atoms with E-state index in [-0.39, 0.29) is 0 Å². The van der Waals surface area contributed by atoms with Crippen molar-refractivity contribution in [2.24, 2.45) is 0 Å². The molecule has 0 aromatic rings. The van der Waals surface area contributed by atoms with Gasteiger partial charge in [-0.1, -0.05) is 0 Å². The van der Waals surface area contributed by atoms with Crippen LogP contribution < -0.4 is 4.23 Å². The molecular weight excluding hydrogens is 197 g/mol. The molecule has 1 atom stereocenters. The molecule has 0 amide bonds. The molecule has 0 saturated carbocycles. The Morgan fingerprint density at radius 2 is 1.82 bits per heavy atom. The van der Waals surface area contributed by atoms with Gasteiger partial charge in [0, 0.05) is 0 Å².